The average molecular weight is 315 g/mol. The number of carbonyl (C=O) groups excluding carboxylic acids is 1. The Hall–Kier alpha value is -2.67. The number of hydrogen-bond donors (Lipinski definition) is 1. The SMILES string of the molecule is COc1cccc(-c2cc(CC(=O)Nc3nccs3)no2)c1. The molecule has 3 rings (SSSR count). The van der Waals surface area contributed by atoms with E-state index in [1.54, 1.807) is 24.8 Å². The van der Waals surface area contributed by atoms with Gasteiger partial charge in [0, 0.05) is 23.2 Å². The van der Waals surface area contributed by atoms with Crippen LogP contribution in [0.1, 0.15) is 5.69 Å². The Morgan fingerprint density at radius 3 is 3.09 bits per heavy atom. The number of amides is 1. The molecule has 0 saturated heterocycles. The van der Waals surface area contributed by atoms with Crippen molar-refractivity contribution in [1.82, 2.24) is 10.1 Å². The van der Waals surface area contributed by atoms with Crippen molar-refractivity contribution in [2.24, 2.45) is 0 Å². The molecule has 0 fully saturated rings. The predicted molar refractivity (Wildman–Crippen MR) is 82.9 cm³/mol. The average Bonchev–Trinajstić information content (AvgIpc) is 3.19. The highest BCUT2D eigenvalue weighted by atomic mass is 32.1. The lowest BCUT2D eigenvalue weighted by Crippen LogP contribution is -2.14. The summed E-state index contributed by atoms with van der Waals surface area (Å²) in [5.74, 6) is 1.15. The molecule has 2 aromatic heterocycles. The smallest absolute Gasteiger partial charge is 0.232 e. The molecule has 0 bridgehead atoms. The standard InChI is InChI=1S/C15H13N3O3S/c1-20-12-4-2-3-10(7-12)13-8-11(18-21-13)9-14(19)17-15-16-5-6-22-15/h2-8H,9H2,1H3,(H,16,17,19). The van der Waals surface area contributed by atoms with Crippen LogP contribution in [0, 0.1) is 0 Å². The first-order valence-electron chi connectivity index (χ1n) is 6.54. The summed E-state index contributed by atoms with van der Waals surface area (Å²) in [4.78, 5) is 15.9. The second-order valence-electron chi connectivity index (χ2n) is 4.48. The number of nitrogens with one attached hydrogen (secondary N) is 1. The number of ether oxygens (including phenoxy) is 1. The van der Waals surface area contributed by atoms with Crippen molar-refractivity contribution in [3.05, 3.63) is 47.6 Å². The molecule has 112 valence electrons. The van der Waals surface area contributed by atoms with E-state index in [9.17, 15) is 4.79 Å². The summed E-state index contributed by atoms with van der Waals surface area (Å²) >= 11 is 1.37. The third-order valence-electron chi connectivity index (χ3n) is 2.93. The number of rotatable bonds is 5. The second-order valence-corrected chi connectivity index (χ2v) is 5.37. The zero-order valence-electron chi connectivity index (χ0n) is 11.8. The number of benzene rings is 1. The Morgan fingerprint density at radius 2 is 2.32 bits per heavy atom. The number of carbonyl (C=O) groups is 1. The molecule has 1 amide bonds. The van der Waals surface area contributed by atoms with Crippen LogP contribution in [0.15, 0.2) is 46.4 Å². The number of hydrogen-bond acceptors (Lipinski definition) is 6. The fourth-order valence-electron chi connectivity index (χ4n) is 1.92. The predicted octanol–water partition coefficient (Wildman–Crippen LogP) is 2.99. The van der Waals surface area contributed by atoms with Gasteiger partial charge in [-0.3, -0.25) is 4.79 Å². The van der Waals surface area contributed by atoms with Gasteiger partial charge in [-0.15, -0.1) is 11.3 Å². The molecule has 1 N–H and O–H groups in total. The molecule has 0 radical (unpaired) electrons. The first kappa shape index (κ1) is 14.3. The Labute approximate surface area is 130 Å². The van der Waals surface area contributed by atoms with Crippen LogP contribution >= 0.6 is 11.3 Å². The van der Waals surface area contributed by atoms with Crippen molar-refractivity contribution in [3.63, 3.8) is 0 Å². The van der Waals surface area contributed by atoms with Crippen LogP contribution in [0.4, 0.5) is 5.13 Å². The van der Waals surface area contributed by atoms with Gasteiger partial charge in [-0.05, 0) is 12.1 Å². The molecular weight excluding hydrogens is 302 g/mol. The Bertz CT molecular complexity index is 768. The van der Waals surface area contributed by atoms with Crippen molar-refractivity contribution < 1.29 is 14.1 Å². The maximum absolute atomic E-state index is 11.9. The van der Waals surface area contributed by atoms with Crippen LogP contribution < -0.4 is 10.1 Å². The number of aromatic nitrogens is 2. The lowest BCUT2D eigenvalue weighted by molar-refractivity contribution is -0.115. The molecule has 0 saturated carbocycles. The number of methoxy groups -OCH3 is 1. The summed E-state index contributed by atoms with van der Waals surface area (Å²) in [5.41, 5.74) is 1.41. The van der Waals surface area contributed by atoms with Crippen molar-refractivity contribution in [2.45, 2.75) is 6.42 Å². The minimum atomic E-state index is -0.180. The van der Waals surface area contributed by atoms with Gasteiger partial charge in [0.25, 0.3) is 0 Å². The monoisotopic (exact) mass is 315 g/mol. The van der Waals surface area contributed by atoms with Crippen molar-refractivity contribution in [3.8, 4) is 17.1 Å². The first-order valence-corrected chi connectivity index (χ1v) is 7.42. The first-order chi connectivity index (χ1) is 10.7. The van der Waals surface area contributed by atoms with E-state index in [2.05, 4.69) is 15.5 Å². The van der Waals surface area contributed by atoms with E-state index in [0.29, 0.717) is 16.6 Å². The van der Waals surface area contributed by atoms with Gasteiger partial charge in [0.15, 0.2) is 10.9 Å². The molecule has 22 heavy (non-hydrogen) atoms. The quantitative estimate of drug-likeness (QED) is 0.783. The lowest BCUT2D eigenvalue weighted by atomic mass is 10.1. The van der Waals surface area contributed by atoms with Gasteiger partial charge in [-0.25, -0.2) is 4.98 Å². The van der Waals surface area contributed by atoms with Crippen LogP contribution in [0.2, 0.25) is 0 Å². The molecule has 0 aliphatic heterocycles. The van der Waals surface area contributed by atoms with Gasteiger partial charge in [0.2, 0.25) is 5.91 Å². The topological polar surface area (TPSA) is 77.2 Å². The maximum Gasteiger partial charge on any atom is 0.232 e. The fraction of sp³-hybridized carbons (Fsp3) is 0.133. The molecule has 1 aromatic carbocycles. The molecule has 3 aromatic rings. The van der Waals surface area contributed by atoms with E-state index in [-0.39, 0.29) is 12.3 Å². The molecular formula is C15H13N3O3S. The van der Waals surface area contributed by atoms with E-state index in [0.717, 1.165) is 11.3 Å². The van der Waals surface area contributed by atoms with Crippen LogP contribution in [-0.4, -0.2) is 23.2 Å². The van der Waals surface area contributed by atoms with E-state index >= 15 is 0 Å². The van der Waals surface area contributed by atoms with E-state index < -0.39 is 0 Å². The van der Waals surface area contributed by atoms with Crippen LogP contribution in [0.5, 0.6) is 5.75 Å². The van der Waals surface area contributed by atoms with Crippen molar-refractivity contribution >= 4 is 22.4 Å². The van der Waals surface area contributed by atoms with E-state index in [1.807, 2.05) is 24.3 Å². The van der Waals surface area contributed by atoms with Gasteiger partial charge in [0.1, 0.15) is 5.75 Å². The van der Waals surface area contributed by atoms with Crippen LogP contribution in [0.3, 0.4) is 0 Å². The normalized spacial score (nSPS) is 10.4. The lowest BCUT2D eigenvalue weighted by Gasteiger charge is -2.00. The Kier molecular flexibility index (Phi) is 4.15. The molecule has 0 aliphatic rings. The zero-order chi connectivity index (χ0) is 15.4. The summed E-state index contributed by atoms with van der Waals surface area (Å²) in [6.45, 7) is 0. The van der Waals surface area contributed by atoms with Crippen LogP contribution in [0.25, 0.3) is 11.3 Å². The summed E-state index contributed by atoms with van der Waals surface area (Å²) in [7, 11) is 1.61. The Morgan fingerprint density at radius 1 is 1.41 bits per heavy atom. The van der Waals surface area contributed by atoms with Crippen molar-refractivity contribution in [1.29, 1.82) is 0 Å². The molecule has 0 spiro atoms. The fourth-order valence-corrected chi connectivity index (χ4v) is 2.47. The van der Waals surface area contributed by atoms with Gasteiger partial charge in [0.05, 0.1) is 19.2 Å². The third-order valence-corrected chi connectivity index (χ3v) is 3.62. The third kappa shape index (κ3) is 3.32. The highest BCUT2D eigenvalue weighted by molar-refractivity contribution is 7.13. The zero-order valence-corrected chi connectivity index (χ0v) is 12.6. The largest absolute Gasteiger partial charge is 0.497 e. The second kappa shape index (κ2) is 6.40. The number of nitrogens with zero attached hydrogens (tertiary/aromatic N) is 2. The van der Waals surface area contributed by atoms with E-state index in [1.165, 1.54) is 11.3 Å². The maximum atomic E-state index is 11.9. The number of anilines is 1. The van der Waals surface area contributed by atoms with Gasteiger partial charge in [-0.1, -0.05) is 17.3 Å². The summed E-state index contributed by atoms with van der Waals surface area (Å²) in [5, 5.41) is 9.00. The molecule has 0 unspecified atom stereocenters. The molecule has 0 aliphatic carbocycles. The summed E-state index contributed by atoms with van der Waals surface area (Å²) in [6.07, 6.45) is 1.77. The minimum absolute atomic E-state index is 0.132. The summed E-state index contributed by atoms with van der Waals surface area (Å²) in [6, 6.07) is 9.20. The molecule has 0 atom stereocenters. The minimum Gasteiger partial charge on any atom is -0.497 e. The van der Waals surface area contributed by atoms with Gasteiger partial charge < -0.3 is 14.6 Å². The van der Waals surface area contributed by atoms with Crippen molar-refractivity contribution in [2.75, 3.05) is 12.4 Å². The highest BCUT2D eigenvalue weighted by Gasteiger charge is 2.12. The van der Waals surface area contributed by atoms with Crippen LogP contribution in [-0.2, 0) is 11.2 Å². The molecule has 2 heterocycles. The summed E-state index contributed by atoms with van der Waals surface area (Å²) < 4.78 is 10.5. The van der Waals surface area contributed by atoms with Gasteiger partial charge in [-0.2, -0.15) is 0 Å². The Balaban J connectivity index is 1.69. The molecule has 6 nitrogen and oxygen atoms in total. The number of thiazole rings is 1. The van der Waals surface area contributed by atoms with Gasteiger partial charge >= 0.3 is 0 Å². The molecule has 7 heteroatoms. The highest BCUT2D eigenvalue weighted by Crippen LogP contribution is 2.24. The van der Waals surface area contributed by atoms with E-state index in [4.69, 9.17) is 9.26 Å².